The Balaban J connectivity index is 2.05. The van der Waals surface area contributed by atoms with E-state index in [4.69, 9.17) is 9.47 Å². The molecule has 0 amide bonds. The monoisotopic (exact) mass is 307 g/mol. The summed E-state index contributed by atoms with van der Waals surface area (Å²) in [4.78, 5) is 11.4. The van der Waals surface area contributed by atoms with Crippen LogP contribution in [0.1, 0.15) is 18.4 Å². The van der Waals surface area contributed by atoms with Crippen LogP contribution in [0.2, 0.25) is 0 Å². The van der Waals surface area contributed by atoms with Crippen molar-refractivity contribution < 1.29 is 22.7 Å². The second-order valence-electron chi connectivity index (χ2n) is 5.13. The van der Waals surface area contributed by atoms with Gasteiger partial charge in [-0.15, -0.1) is 0 Å². The molecule has 0 saturated heterocycles. The Labute approximate surface area is 122 Å². The molecule has 0 aromatic heterocycles. The average molecular weight is 307 g/mol. The SMILES string of the molecule is CCS(=O)(=O)[C@@H]1[C@@H](c2ccc3c(c2)OCO3)[C@]1(C#N)C=O. The lowest BCUT2D eigenvalue weighted by Gasteiger charge is -2.02. The Hall–Kier alpha value is -2.07. The summed E-state index contributed by atoms with van der Waals surface area (Å²) in [5.41, 5.74) is -0.891. The minimum absolute atomic E-state index is 0.101. The Kier molecular flexibility index (Phi) is 2.95. The number of carbonyl (C=O) groups is 1. The number of sulfone groups is 1. The number of ether oxygens (including phenoxy) is 2. The van der Waals surface area contributed by atoms with Crippen LogP contribution in [0.25, 0.3) is 0 Å². The molecule has 1 aliphatic carbocycles. The number of rotatable bonds is 4. The van der Waals surface area contributed by atoms with Crippen LogP contribution in [0.3, 0.4) is 0 Å². The molecule has 1 aromatic rings. The molecule has 3 atom stereocenters. The number of nitrogens with zero attached hydrogens (tertiary/aromatic N) is 1. The topological polar surface area (TPSA) is 93.5 Å². The van der Waals surface area contributed by atoms with Gasteiger partial charge in [0, 0.05) is 11.7 Å². The maximum absolute atomic E-state index is 12.1. The largest absolute Gasteiger partial charge is 0.454 e. The number of aldehydes is 1. The first kappa shape index (κ1) is 13.9. The molecule has 1 heterocycles. The van der Waals surface area contributed by atoms with Crippen LogP contribution in [-0.4, -0.2) is 32.5 Å². The van der Waals surface area contributed by atoms with Gasteiger partial charge < -0.3 is 14.3 Å². The lowest BCUT2D eigenvalue weighted by atomic mass is 10.0. The second kappa shape index (κ2) is 4.46. The van der Waals surface area contributed by atoms with Gasteiger partial charge >= 0.3 is 0 Å². The number of carbonyl (C=O) groups excluding carboxylic acids is 1. The molecule has 7 heteroatoms. The zero-order chi connectivity index (χ0) is 15.3. The summed E-state index contributed by atoms with van der Waals surface area (Å²) < 4.78 is 34.7. The minimum Gasteiger partial charge on any atom is -0.454 e. The number of hydrogen-bond acceptors (Lipinski definition) is 6. The average Bonchev–Trinajstić information content (AvgIpc) is 2.98. The molecular weight excluding hydrogens is 294 g/mol. The number of hydrogen-bond donors (Lipinski definition) is 0. The molecular formula is C14H13NO5S. The second-order valence-corrected chi connectivity index (χ2v) is 7.54. The third-order valence-electron chi connectivity index (χ3n) is 4.11. The highest BCUT2D eigenvalue weighted by Gasteiger charge is 2.72. The van der Waals surface area contributed by atoms with Crippen LogP contribution in [0.15, 0.2) is 18.2 Å². The van der Waals surface area contributed by atoms with Crippen molar-refractivity contribution in [3.63, 3.8) is 0 Å². The van der Waals surface area contributed by atoms with E-state index < -0.39 is 26.4 Å². The molecule has 0 radical (unpaired) electrons. The van der Waals surface area contributed by atoms with E-state index in [-0.39, 0.29) is 12.5 Å². The molecule has 0 bridgehead atoms. The van der Waals surface area contributed by atoms with Gasteiger partial charge in [-0.25, -0.2) is 8.42 Å². The Bertz CT molecular complexity index is 751. The summed E-state index contributed by atoms with van der Waals surface area (Å²) in [5.74, 6) is 0.322. The number of benzene rings is 1. The number of fused-ring (bicyclic) bond motifs is 1. The van der Waals surface area contributed by atoms with E-state index in [2.05, 4.69) is 0 Å². The zero-order valence-electron chi connectivity index (χ0n) is 11.3. The normalized spacial score (nSPS) is 29.7. The van der Waals surface area contributed by atoms with Crippen LogP contribution >= 0.6 is 0 Å². The van der Waals surface area contributed by atoms with Gasteiger partial charge in [0.2, 0.25) is 6.79 Å². The molecule has 1 aliphatic heterocycles. The molecule has 0 spiro atoms. The molecule has 0 N–H and O–H groups in total. The van der Waals surface area contributed by atoms with Crippen molar-refractivity contribution in [1.29, 1.82) is 5.26 Å². The van der Waals surface area contributed by atoms with E-state index in [1.165, 1.54) is 6.92 Å². The summed E-state index contributed by atoms with van der Waals surface area (Å²) in [6.45, 7) is 1.62. The first-order valence-corrected chi connectivity index (χ1v) is 8.20. The van der Waals surface area contributed by atoms with Crippen LogP contribution < -0.4 is 9.47 Å². The van der Waals surface area contributed by atoms with Crippen molar-refractivity contribution in [2.45, 2.75) is 18.1 Å². The molecule has 0 unspecified atom stereocenters. The van der Waals surface area contributed by atoms with Crippen molar-refractivity contribution in [2.24, 2.45) is 5.41 Å². The van der Waals surface area contributed by atoms with Gasteiger partial charge in [-0.1, -0.05) is 13.0 Å². The zero-order valence-corrected chi connectivity index (χ0v) is 12.1. The van der Waals surface area contributed by atoms with E-state index in [0.717, 1.165) is 0 Å². The van der Waals surface area contributed by atoms with Crippen LogP contribution in [0, 0.1) is 16.7 Å². The van der Waals surface area contributed by atoms with Crippen molar-refractivity contribution in [1.82, 2.24) is 0 Å². The van der Waals surface area contributed by atoms with Crippen molar-refractivity contribution in [2.75, 3.05) is 12.5 Å². The van der Waals surface area contributed by atoms with Gasteiger partial charge in [0.25, 0.3) is 0 Å². The lowest BCUT2D eigenvalue weighted by molar-refractivity contribution is -0.110. The quantitative estimate of drug-likeness (QED) is 0.771. The number of nitriles is 1. The highest BCUT2D eigenvalue weighted by atomic mass is 32.2. The molecule has 1 saturated carbocycles. The van der Waals surface area contributed by atoms with Crippen molar-refractivity contribution in [3.05, 3.63) is 23.8 Å². The fourth-order valence-electron chi connectivity index (χ4n) is 2.92. The molecule has 110 valence electrons. The standard InChI is InChI=1S/C14H13NO5S/c1-2-21(17,18)13-12(14(13,6-15)7-16)9-3-4-10-11(5-9)20-8-19-10/h3-5,7,12-13H,2,8H2,1H3/t12-,13-,14+/m1/s1. The molecule has 1 aromatic carbocycles. The first-order chi connectivity index (χ1) is 10.00. The van der Waals surface area contributed by atoms with E-state index in [0.29, 0.717) is 23.3 Å². The molecule has 3 rings (SSSR count). The van der Waals surface area contributed by atoms with Gasteiger partial charge in [-0.05, 0) is 17.7 Å². The molecule has 2 aliphatic rings. The van der Waals surface area contributed by atoms with Gasteiger partial charge in [-0.3, -0.25) is 0 Å². The van der Waals surface area contributed by atoms with Crippen molar-refractivity contribution in [3.8, 4) is 17.6 Å². The predicted molar refractivity (Wildman–Crippen MR) is 72.7 cm³/mol. The summed E-state index contributed by atoms with van der Waals surface area (Å²) in [6.07, 6.45) is 0.458. The predicted octanol–water partition coefficient (Wildman–Crippen LogP) is 1.02. The van der Waals surface area contributed by atoms with E-state index >= 15 is 0 Å². The third-order valence-corrected chi connectivity index (χ3v) is 6.35. The van der Waals surface area contributed by atoms with Gasteiger partial charge in [-0.2, -0.15) is 5.26 Å². The fourth-order valence-corrected chi connectivity index (χ4v) is 4.84. The minimum atomic E-state index is -3.49. The van der Waals surface area contributed by atoms with E-state index in [9.17, 15) is 18.5 Å². The Morgan fingerprint density at radius 1 is 1.43 bits per heavy atom. The summed E-state index contributed by atoms with van der Waals surface area (Å²) in [7, 11) is -3.49. The van der Waals surface area contributed by atoms with Gasteiger partial charge in [0.05, 0.1) is 11.3 Å². The van der Waals surface area contributed by atoms with Crippen LogP contribution in [-0.2, 0) is 14.6 Å². The lowest BCUT2D eigenvalue weighted by Crippen LogP contribution is -2.17. The third kappa shape index (κ3) is 1.83. The summed E-state index contributed by atoms with van der Waals surface area (Å²) in [6, 6.07) is 6.88. The maximum atomic E-state index is 12.1. The molecule has 6 nitrogen and oxygen atoms in total. The van der Waals surface area contributed by atoms with Crippen molar-refractivity contribution >= 4 is 16.1 Å². The smallest absolute Gasteiger partial charge is 0.231 e. The Morgan fingerprint density at radius 2 is 2.14 bits per heavy atom. The van der Waals surface area contributed by atoms with Gasteiger partial charge in [0.1, 0.15) is 11.7 Å². The van der Waals surface area contributed by atoms with E-state index in [1.54, 1.807) is 18.2 Å². The first-order valence-electron chi connectivity index (χ1n) is 6.49. The van der Waals surface area contributed by atoms with E-state index in [1.807, 2.05) is 6.07 Å². The van der Waals surface area contributed by atoms with Crippen LogP contribution in [0.5, 0.6) is 11.5 Å². The molecule has 1 fully saturated rings. The Morgan fingerprint density at radius 3 is 2.76 bits per heavy atom. The molecule has 21 heavy (non-hydrogen) atoms. The summed E-state index contributed by atoms with van der Waals surface area (Å²) in [5, 5.41) is 8.32. The maximum Gasteiger partial charge on any atom is 0.231 e. The highest BCUT2D eigenvalue weighted by molar-refractivity contribution is 7.92. The fraction of sp³-hybridized carbons (Fsp3) is 0.429. The van der Waals surface area contributed by atoms with Gasteiger partial charge in [0.15, 0.2) is 21.3 Å². The highest BCUT2D eigenvalue weighted by Crippen LogP contribution is 2.62. The summed E-state index contributed by atoms with van der Waals surface area (Å²) >= 11 is 0. The van der Waals surface area contributed by atoms with Crippen LogP contribution in [0.4, 0.5) is 0 Å².